The minimum Gasteiger partial charge on any atom is -0.383 e. The zero-order valence-electron chi connectivity index (χ0n) is 20.2. The molecule has 1 atom stereocenters. The van der Waals surface area contributed by atoms with Crippen LogP contribution in [-0.2, 0) is 27.3 Å². The van der Waals surface area contributed by atoms with E-state index in [1.807, 2.05) is 49.4 Å². The number of rotatable bonds is 10. The summed E-state index contributed by atoms with van der Waals surface area (Å²) in [6, 6.07) is 19.4. The number of carbonyl (C=O) groups excluding carboxylic acids is 2. The fourth-order valence-corrected chi connectivity index (χ4v) is 4.03. The monoisotopic (exact) mass is 489 g/mol. The highest BCUT2D eigenvalue weighted by molar-refractivity contribution is 6.01. The molecule has 0 aliphatic carbocycles. The van der Waals surface area contributed by atoms with Crippen LogP contribution in [0.5, 0.6) is 0 Å². The van der Waals surface area contributed by atoms with Crippen molar-refractivity contribution in [3.8, 4) is 0 Å². The average Bonchev–Trinajstić information content (AvgIpc) is 3.30. The van der Waals surface area contributed by atoms with Crippen molar-refractivity contribution in [3.63, 3.8) is 0 Å². The Labute approximate surface area is 208 Å². The highest BCUT2D eigenvalue weighted by atomic mass is 19.1. The molecule has 8 nitrogen and oxygen atoms in total. The maximum atomic E-state index is 14.3. The molecular formula is C27H28FN5O3. The van der Waals surface area contributed by atoms with Gasteiger partial charge in [0.2, 0.25) is 11.8 Å². The third-order valence-corrected chi connectivity index (χ3v) is 5.88. The van der Waals surface area contributed by atoms with E-state index in [0.717, 1.165) is 12.0 Å². The minimum absolute atomic E-state index is 0.189. The summed E-state index contributed by atoms with van der Waals surface area (Å²) in [7, 11) is 1.54. The van der Waals surface area contributed by atoms with Crippen LogP contribution >= 0.6 is 0 Å². The van der Waals surface area contributed by atoms with Crippen molar-refractivity contribution < 1.29 is 18.7 Å². The number of para-hydroxylation sites is 1. The molecule has 0 radical (unpaired) electrons. The van der Waals surface area contributed by atoms with Crippen LogP contribution in [0.25, 0.3) is 11.0 Å². The molecule has 0 unspecified atom stereocenters. The number of anilines is 1. The van der Waals surface area contributed by atoms with Crippen LogP contribution in [-0.4, -0.2) is 47.1 Å². The van der Waals surface area contributed by atoms with Crippen LogP contribution in [0.1, 0.15) is 24.1 Å². The molecule has 1 aromatic heterocycles. The van der Waals surface area contributed by atoms with Gasteiger partial charge in [0.05, 0.1) is 12.1 Å². The Kier molecular flexibility index (Phi) is 8.02. The van der Waals surface area contributed by atoms with Crippen LogP contribution in [0.15, 0.2) is 72.8 Å². The SMILES string of the molecule is CCc1ccc([C@@H](C(=O)NCCOC)N(C(=O)Cn2nnc3ccccc32)c2cccc(F)c2)cc1. The van der Waals surface area contributed by atoms with Gasteiger partial charge in [-0.15, -0.1) is 5.10 Å². The van der Waals surface area contributed by atoms with Gasteiger partial charge in [-0.1, -0.05) is 54.6 Å². The summed E-state index contributed by atoms with van der Waals surface area (Å²) in [6.45, 7) is 2.42. The maximum absolute atomic E-state index is 14.3. The number of methoxy groups -OCH3 is 1. The van der Waals surface area contributed by atoms with Gasteiger partial charge in [-0.2, -0.15) is 0 Å². The predicted octanol–water partition coefficient (Wildman–Crippen LogP) is 3.67. The van der Waals surface area contributed by atoms with Crippen LogP contribution in [0, 0.1) is 5.82 Å². The molecule has 36 heavy (non-hydrogen) atoms. The van der Waals surface area contributed by atoms with Crippen molar-refractivity contribution in [3.05, 3.63) is 89.7 Å². The summed E-state index contributed by atoms with van der Waals surface area (Å²) in [5.41, 5.74) is 3.28. The number of carbonyl (C=O) groups is 2. The number of benzene rings is 3. The molecule has 0 spiro atoms. The smallest absolute Gasteiger partial charge is 0.249 e. The average molecular weight is 490 g/mol. The summed E-state index contributed by atoms with van der Waals surface area (Å²) >= 11 is 0. The number of nitrogens with one attached hydrogen (secondary N) is 1. The summed E-state index contributed by atoms with van der Waals surface area (Å²) in [5, 5.41) is 11.1. The second-order valence-corrected chi connectivity index (χ2v) is 8.26. The Bertz CT molecular complexity index is 1340. The number of halogens is 1. The van der Waals surface area contributed by atoms with E-state index in [4.69, 9.17) is 4.74 Å². The Hall–Kier alpha value is -4.11. The quantitative estimate of drug-likeness (QED) is 0.344. The fraction of sp³-hybridized carbons (Fsp3) is 0.259. The molecule has 0 saturated heterocycles. The van der Waals surface area contributed by atoms with Crippen molar-refractivity contribution in [2.45, 2.75) is 25.9 Å². The van der Waals surface area contributed by atoms with Crippen molar-refractivity contribution >= 4 is 28.5 Å². The summed E-state index contributed by atoms with van der Waals surface area (Å²) in [6.07, 6.45) is 0.830. The van der Waals surface area contributed by atoms with E-state index in [9.17, 15) is 14.0 Å². The van der Waals surface area contributed by atoms with E-state index in [-0.39, 0.29) is 18.8 Å². The molecule has 4 rings (SSSR count). The van der Waals surface area contributed by atoms with Crippen molar-refractivity contribution in [2.24, 2.45) is 0 Å². The van der Waals surface area contributed by atoms with Gasteiger partial charge in [-0.05, 0) is 47.9 Å². The summed E-state index contributed by atoms with van der Waals surface area (Å²) in [4.78, 5) is 28.7. The van der Waals surface area contributed by atoms with E-state index >= 15 is 0 Å². The highest BCUT2D eigenvalue weighted by Crippen LogP contribution is 2.29. The van der Waals surface area contributed by atoms with Crippen molar-refractivity contribution in [1.82, 2.24) is 20.3 Å². The number of aromatic nitrogens is 3. The third kappa shape index (κ3) is 5.58. The van der Waals surface area contributed by atoms with Gasteiger partial charge >= 0.3 is 0 Å². The molecule has 0 saturated carbocycles. The molecule has 186 valence electrons. The van der Waals surface area contributed by atoms with Gasteiger partial charge in [-0.3, -0.25) is 14.5 Å². The second-order valence-electron chi connectivity index (χ2n) is 8.26. The summed E-state index contributed by atoms with van der Waals surface area (Å²) in [5.74, 6) is -1.36. The van der Waals surface area contributed by atoms with Gasteiger partial charge in [0.1, 0.15) is 23.9 Å². The highest BCUT2D eigenvalue weighted by Gasteiger charge is 2.33. The topological polar surface area (TPSA) is 89.4 Å². The number of aryl methyl sites for hydroxylation is 1. The van der Waals surface area contributed by atoms with Crippen molar-refractivity contribution in [2.75, 3.05) is 25.2 Å². The van der Waals surface area contributed by atoms with Gasteiger partial charge in [0.15, 0.2) is 0 Å². The van der Waals surface area contributed by atoms with Crippen LogP contribution in [0.2, 0.25) is 0 Å². The molecule has 2 amide bonds. The zero-order valence-corrected chi connectivity index (χ0v) is 20.2. The zero-order chi connectivity index (χ0) is 25.5. The molecule has 9 heteroatoms. The van der Waals surface area contributed by atoms with Gasteiger partial charge in [0, 0.05) is 19.3 Å². The van der Waals surface area contributed by atoms with Gasteiger partial charge in [0.25, 0.3) is 0 Å². The molecule has 0 bridgehead atoms. The first-order chi connectivity index (χ1) is 17.5. The molecular weight excluding hydrogens is 461 g/mol. The number of hydrogen-bond donors (Lipinski definition) is 1. The van der Waals surface area contributed by atoms with E-state index in [2.05, 4.69) is 15.6 Å². The maximum Gasteiger partial charge on any atom is 0.249 e. The lowest BCUT2D eigenvalue weighted by molar-refractivity contribution is -0.127. The molecule has 0 aliphatic heterocycles. The minimum atomic E-state index is -1.04. The molecule has 3 aromatic carbocycles. The standard InChI is InChI=1S/C27H28FN5O3/c1-3-19-11-13-20(14-12-19)26(27(35)29-15-16-36-2)33(22-8-6-7-21(28)17-22)25(34)18-32-24-10-5-4-9-23(24)30-31-32/h4-14,17,26H,3,15-16,18H2,1-2H3,(H,29,35)/t26-/m0/s1. The van der Waals surface area contributed by atoms with Crippen LogP contribution in [0.4, 0.5) is 10.1 Å². The normalized spacial score (nSPS) is 11.9. The summed E-state index contributed by atoms with van der Waals surface area (Å²) < 4.78 is 20.8. The molecule has 1 N–H and O–H groups in total. The number of amides is 2. The van der Waals surface area contributed by atoms with E-state index in [1.165, 1.54) is 34.9 Å². The second kappa shape index (κ2) is 11.5. The molecule has 0 aliphatic rings. The number of nitrogens with zero attached hydrogens (tertiary/aromatic N) is 4. The number of hydrogen-bond acceptors (Lipinski definition) is 5. The Morgan fingerprint density at radius 1 is 1.08 bits per heavy atom. The van der Waals surface area contributed by atoms with Crippen LogP contribution in [0.3, 0.4) is 0 Å². The Morgan fingerprint density at radius 3 is 2.58 bits per heavy atom. The van der Waals surface area contributed by atoms with E-state index in [1.54, 1.807) is 12.1 Å². The number of fused-ring (bicyclic) bond motifs is 1. The first kappa shape index (κ1) is 25.0. The number of ether oxygens (including phenoxy) is 1. The largest absolute Gasteiger partial charge is 0.383 e. The lowest BCUT2D eigenvalue weighted by Gasteiger charge is -2.31. The fourth-order valence-electron chi connectivity index (χ4n) is 4.03. The lowest BCUT2D eigenvalue weighted by Crippen LogP contribution is -2.46. The van der Waals surface area contributed by atoms with Gasteiger partial charge in [-0.25, -0.2) is 9.07 Å². The first-order valence-electron chi connectivity index (χ1n) is 11.7. The van der Waals surface area contributed by atoms with Gasteiger partial charge < -0.3 is 10.1 Å². The van der Waals surface area contributed by atoms with E-state index < -0.39 is 23.7 Å². The lowest BCUT2D eigenvalue weighted by atomic mass is 10.0. The van der Waals surface area contributed by atoms with E-state index in [0.29, 0.717) is 23.2 Å². The first-order valence-corrected chi connectivity index (χ1v) is 11.7. The third-order valence-electron chi connectivity index (χ3n) is 5.88. The Balaban J connectivity index is 1.77. The molecule has 0 fully saturated rings. The Morgan fingerprint density at radius 2 is 1.86 bits per heavy atom. The molecule has 4 aromatic rings. The molecule has 1 heterocycles. The predicted molar refractivity (Wildman–Crippen MR) is 135 cm³/mol. The van der Waals surface area contributed by atoms with Crippen LogP contribution < -0.4 is 10.2 Å². The van der Waals surface area contributed by atoms with Crippen molar-refractivity contribution in [1.29, 1.82) is 0 Å².